The molecule has 0 aliphatic carbocycles. The highest BCUT2D eigenvalue weighted by Gasteiger charge is 2.11. The second kappa shape index (κ2) is 4.03. The molecule has 1 heterocycles. The first-order valence-electron chi connectivity index (χ1n) is 2.69. The standard InChI is InChI=1S/C6H3Br2ClOS/c7-3-1-5(4(9)2-10)11-6(3)8/h1-2,4H/t4-/m0/s1. The monoisotopic (exact) mass is 316 g/mol. The maximum absolute atomic E-state index is 10.3. The van der Waals surface area contributed by atoms with Crippen molar-refractivity contribution in [1.82, 2.24) is 0 Å². The SMILES string of the molecule is O=C[C@H](Cl)c1cc(Br)c(Br)s1. The Bertz CT molecular complexity index is 254. The zero-order valence-corrected chi connectivity index (χ0v) is 9.93. The Morgan fingerprint density at radius 1 is 1.64 bits per heavy atom. The molecule has 1 nitrogen and oxygen atoms in total. The predicted molar refractivity (Wildman–Crippen MR) is 54.4 cm³/mol. The molecule has 0 spiro atoms. The fraction of sp³-hybridized carbons (Fsp3) is 0.167. The summed E-state index contributed by atoms with van der Waals surface area (Å²) in [4.78, 5) is 11.1. The topological polar surface area (TPSA) is 17.1 Å². The van der Waals surface area contributed by atoms with Crippen molar-refractivity contribution in [1.29, 1.82) is 0 Å². The summed E-state index contributed by atoms with van der Waals surface area (Å²) in [6.45, 7) is 0. The van der Waals surface area contributed by atoms with E-state index in [0.29, 0.717) is 6.29 Å². The van der Waals surface area contributed by atoms with Crippen molar-refractivity contribution < 1.29 is 4.79 Å². The molecule has 0 fully saturated rings. The van der Waals surface area contributed by atoms with Crippen LogP contribution < -0.4 is 0 Å². The molecule has 1 atom stereocenters. The average Bonchev–Trinajstić information content (AvgIpc) is 2.31. The lowest BCUT2D eigenvalue weighted by Gasteiger charge is -1.92. The maximum atomic E-state index is 10.3. The van der Waals surface area contributed by atoms with Gasteiger partial charge in [-0.1, -0.05) is 0 Å². The molecule has 60 valence electrons. The molecule has 0 aliphatic rings. The van der Waals surface area contributed by atoms with Gasteiger partial charge in [0.05, 0.1) is 3.79 Å². The van der Waals surface area contributed by atoms with E-state index in [1.807, 2.05) is 6.07 Å². The van der Waals surface area contributed by atoms with Gasteiger partial charge in [-0.2, -0.15) is 0 Å². The molecule has 0 radical (unpaired) electrons. The van der Waals surface area contributed by atoms with Gasteiger partial charge in [0.2, 0.25) is 0 Å². The van der Waals surface area contributed by atoms with Crippen molar-refractivity contribution in [2.75, 3.05) is 0 Å². The van der Waals surface area contributed by atoms with Crippen molar-refractivity contribution in [2.24, 2.45) is 0 Å². The number of aldehydes is 1. The number of hydrogen-bond acceptors (Lipinski definition) is 2. The number of thiophene rings is 1. The molecule has 1 rings (SSSR count). The first kappa shape index (κ1) is 9.71. The van der Waals surface area contributed by atoms with Gasteiger partial charge in [0.25, 0.3) is 0 Å². The highest BCUT2D eigenvalue weighted by Crippen LogP contribution is 2.36. The van der Waals surface area contributed by atoms with Gasteiger partial charge in [0.15, 0.2) is 0 Å². The van der Waals surface area contributed by atoms with E-state index in [1.165, 1.54) is 11.3 Å². The van der Waals surface area contributed by atoms with E-state index in [9.17, 15) is 4.79 Å². The molecule has 0 saturated carbocycles. The lowest BCUT2D eigenvalue weighted by atomic mass is 10.4. The normalized spacial score (nSPS) is 13.0. The van der Waals surface area contributed by atoms with Gasteiger partial charge in [-0.15, -0.1) is 22.9 Å². The third-order valence-corrected chi connectivity index (χ3v) is 4.86. The maximum Gasteiger partial charge on any atom is 0.143 e. The number of hydrogen-bond donors (Lipinski definition) is 0. The van der Waals surface area contributed by atoms with Gasteiger partial charge in [-0.3, -0.25) is 0 Å². The molecule has 1 aromatic heterocycles. The van der Waals surface area contributed by atoms with Gasteiger partial charge in [0.1, 0.15) is 11.7 Å². The van der Waals surface area contributed by atoms with E-state index < -0.39 is 5.38 Å². The van der Waals surface area contributed by atoms with Crippen LogP contribution in [0.5, 0.6) is 0 Å². The molecule has 0 aromatic carbocycles. The van der Waals surface area contributed by atoms with Crippen LogP contribution in [0.15, 0.2) is 14.3 Å². The van der Waals surface area contributed by atoms with Crippen LogP contribution in [0.1, 0.15) is 10.3 Å². The minimum atomic E-state index is -0.525. The molecule has 5 heteroatoms. The number of carbonyl (C=O) groups excluding carboxylic acids is 1. The first-order valence-corrected chi connectivity index (χ1v) is 5.53. The number of carbonyl (C=O) groups is 1. The van der Waals surface area contributed by atoms with Crippen molar-refractivity contribution in [3.8, 4) is 0 Å². The molecule has 0 unspecified atom stereocenters. The average molecular weight is 318 g/mol. The molecular formula is C6H3Br2ClOS. The number of halogens is 3. The second-order valence-corrected chi connectivity index (χ2v) is 5.53. The van der Waals surface area contributed by atoms with Crippen LogP contribution in [0.3, 0.4) is 0 Å². The van der Waals surface area contributed by atoms with Gasteiger partial charge in [-0.25, -0.2) is 0 Å². The quantitative estimate of drug-likeness (QED) is 0.599. The summed E-state index contributed by atoms with van der Waals surface area (Å²) in [6.07, 6.45) is 0.715. The summed E-state index contributed by atoms with van der Waals surface area (Å²) >= 11 is 13.7. The van der Waals surface area contributed by atoms with Crippen LogP contribution in [0.2, 0.25) is 0 Å². The Hall–Kier alpha value is 0.620. The fourth-order valence-electron chi connectivity index (χ4n) is 0.566. The molecule has 0 saturated heterocycles. The van der Waals surface area contributed by atoms with E-state index in [1.54, 1.807) is 0 Å². The van der Waals surface area contributed by atoms with Crippen molar-refractivity contribution >= 4 is 61.1 Å². The fourth-order valence-corrected chi connectivity index (χ4v) is 2.79. The minimum Gasteiger partial charge on any atom is -0.301 e. The summed E-state index contributed by atoms with van der Waals surface area (Å²) < 4.78 is 1.89. The van der Waals surface area contributed by atoms with E-state index in [4.69, 9.17) is 11.6 Å². The van der Waals surface area contributed by atoms with Crippen molar-refractivity contribution in [3.63, 3.8) is 0 Å². The smallest absolute Gasteiger partial charge is 0.143 e. The number of alkyl halides is 1. The lowest BCUT2D eigenvalue weighted by Crippen LogP contribution is -1.84. The highest BCUT2D eigenvalue weighted by molar-refractivity contribution is 9.13. The predicted octanol–water partition coefficient (Wildman–Crippen LogP) is 3.75. The van der Waals surface area contributed by atoms with E-state index in [0.717, 1.165) is 13.1 Å². The van der Waals surface area contributed by atoms with Gasteiger partial charge in [-0.05, 0) is 37.9 Å². The Balaban J connectivity index is 2.96. The van der Waals surface area contributed by atoms with Gasteiger partial charge >= 0.3 is 0 Å². The first-order chi connectivity index (χ1) is 5.15. The van der Waals surface area contributed by atoms with E-state index >= 15 is 0 Å². The van der Waals surface area contributed by atoms with Crippen LogP contribution in [-0.4, -0.2) is 6.29 Å². The zero-order valence-electron chi connectivity index (χ0n) is 5.18. The summed E-state index contributed by atoms with van der Waals surface area (Å²) in [5.41, 5.74) is 0. The Morgan fingerprint density at radius 3 is 2.64 bits per heavy atom. The van der Waals surface area contributed by atoms with E-state index in [2.05, 4.69) is 31.9 Å². The highest BCUT2D eigenvalue weighted by atomic mass is 79.9. The molecule has 0 bridgehead atoms. The third kappa shape index (κ3) is 2.28. The minimum absolute atomic E-state index is 0.525. The molecule has 11 heavy (non-hydrogen) atoms. The van der Waals surface area contributed by atoms with Crippen molar-refractivity contribution in [2.45, 2.75) is 5.38 Å². The molecule has 0 N–H and O–H groups in total. The van der Waals surface area contributed by atoms with Crippen LogP contribution in [0.25, 0.3) is 0 Å². The Morgan fingerprint density at radius 2 is 2.27 bits per heavy atom. The number of rotatable bonds is 2. The van der Waals surface area contributed by atoms with Gasteiger partial charge < -0.3 is 4.79 Å². The summed E-state index contributed by atoms with van der Waals surface area (Å²) in [7, 11) is 0. The summed E-state index contributed by atoms with van der Waals surface area (Å²) in [5, 5.41) is -0.525. The van der Waals surface area contributed by atoms with Gasteiger partial charge in [0, 0.05) is 9.35 Å². The van der Waals surface area contributed by atoms with Crippen LogP contribution in [0, 0.1) is 0 Å². The third-order valence-electron chi connectivity index (χ3n) is 1.06. The van der Waals surface area contributed by atoms with Crippen molar-refractivity contribution in [3.05, 3.63) is 19.2 Å². The molecule has 1 aromatic rings. The largest absolute Gasteiger partial charge is 0.301 e. The van der Waals surface area contributed by atoms with Crippen LogP contribution in [-0.2, 0) is 4.79 Å². The molecule has 0 aliphatic heterocycles. The Kier molecular flexibility index (Phi) is 3.55. The summed E-state index contributed by atoms with van der Waals surface area (Å²) in [5.74, 6) is 0. The lowest BCUT2D eigenvalue weighted by molar-refractivity contribution is -0.107. The summed E-state index contributed by atoms with van der Waals surface area (Å²) in [6, 6.07) is 1.83. The molecule has 0 amide bonds. The molecular weight excluding hydrogens is 315 g/mol. The Labute approximate surface area is 90.0 Å². The van der Waals surface area contributed by atoms with Crippen LogP contribution >= 0.6 is 54.8 Å². The second-order valence-electron chi connectivity index (χ2n) is 1.81. The van der Waals surface area contributed by atoms with E-state index in [-0.39, 0.29) is 0 Å². The zero-order chi connectivity index (χ0) is 8.43. The van der Waals surface area contributed by atoms with Crippen LogP contribution in [0.4, 0.5) is 0 Å².